The Labute approximate surface area is 165 Å². The molecule has 0 spiro atoms. The van der Waals surface area contributed by atoms with E-state index in [0.717, 1.165) is 24.1 Å². The fraction of sp³-hybridized carbons (Fsp3) is 0.278. The zero-order valence-corrected chi connectivity index (χ0v) is 16.2. The van der Waals surface area contributed by atoms with Crippen LogP contribution in [0.5, 0.6) is 0 Å². The number of thiazole rings is 1. The van der Waals surface area contributed by atoms with Crippen LogP contribution in [0.2, 0.25) is 5.02 Å². The van der Waals surface area contributed by atoms with Crippen molar-refractivity contribution in [2.75, 3.05) is 10.2 Å². The molecule has 2 heterocycles. The van der Waals surface area contributed by atoms with Gasteiger partial charge in [0.15, 0.2) is 5.13 Å². The summed E-state index contributed by atoms with van der Waals surface area (Å²) in [5, 5.41) is 8.07. The average Bonchev–Trinajstić information content (AvgIpc) is 3.32. The predicted molar refractivity (Wildman–Crippen MR) is 109 cm³/mol. The second-order valence-corrected chi connectivity index (χ2v) is 7.93. The molecule has 1 aromatic carbocycles. The molecule has 1 aliphatic heterocycles. The fourth-order valence-corrected chi connectivity index (χ4v) is 3.91. The lowest BCUT2D eigenvalue weighted by atomic mass is 10.1. The van der Waals surface area contributed by atoms with Crippen molar-refractivity contribution >= 4 is 45.5 Å². The highest BCUT2D eigenvalue weighted by Gasteiger charge is 2.33. The fourth-order valence-electron chi connectivity index (χ4n) is 2.92. The Morgan fingerprint density at radius 3 is 2.89 bits per heavy atom. The number of primary amides is 1. The molecular weight excluding hydrogens is 384 g/mol. The Morgan fingerprint density at radius 1 is 1.41 bits per heavy atom. The van der Waals surface area contributed by atoms with Crippen LogP contribution >= 0.6 is 22.9 Å². The highest BCUT2D eigenvalue weighted by molar-refractivity contribution is 7.17. The molecule has 1 unspecified atom stereocenters. The second kappa shape index (κ2) is 7.30. The van der Waals surface area contributed by atoms with Gasteiger partial charge >= 0.3 is 0 Å². The first-order valence-electron chi connectivity index (χ1n) is 8.59. The number of nitrogens with zero attached hydrogens (tertiary/aromatic N) is 3. The number of amides is 1. The molecule has 4 N–H and O–H groups in total. The normalized spacial score (nSPS) is 19.1. The summed E-state index contributed by atoms with van der Waals surface area (Å²) < 4.78 is 0. The smallest absolute Gasteiger partial charge is 0.260 e. The molecule has 0 bridgehead atoms. The summed E-state index contributed by atoms with van der Waals surface area (Å²) in [5.74, 6) is 0.195. The van der Waals surface area contributed by atoms with Crippen LogP contribution in [0, 0.1) is 6.92 Å². The first-order valence-corrected chi connectivity index (χ1v) is 9.79. The van der Waals surface area contributed by atoms with E-state index < -0.39 is 5.91 Å². The largest absolute Gasteiger partial charge is 0.365 e. The SMILES string of the molecule is Cc1cccc(Cl)c1N1C=CN=C(Nc2ncc(C(N)=O)s2)C1NC1CC1. The average molecular weight is 403 g/mol. The molecule has 140 valence electrons. The molecule has 1 amide bonds. The number of para-hydroxylation sites is 1. The van der Waals surface area contributed by atoms with E-state index in [2.05, 4.69) is 25.5 Å². The number of hydrogen-bond acceptors (Lipinski definition) is 7. The number of rotatable bonds is 5. The number of carbonyl (C=O) groups is 1. The summed E-state index contributed by atoms with van der Waals surface area (Å²) in [6, 6.07) is 6.29. The number of nitrogens with two attached hydrogens (primary N) is 1. The maximum atomic E-state index is 11.3. The third-order valence-corrected chi connectivity index (χ3v) is 5.61. The molecule has 1 fully saturated rings. The van der Waals surface area contributed by atoms with Crippen LogP contribution in [0.1, 0.15) is 28.1 Å². The van der Waals surface area contributed by atoms with Crippen molar-refractivity contribution in [3.05, 3.63) is 52.3 Å². The Morgan fingerprint density at radius 2 is 2.22 bits per heavy atom. The lowest BCUT2D eigenvalue weighted by Gasteiger charge is -2.35. The number of aliphatic imine (C=N–C) groups is 1. The lowest BCUT2D eigenvalue weighted by Crippen LogP contribution is -2.53. The van der Waals surface area contributed by atoms with E-state index in [4.69, 9.17) is 17.3 Å². The number of halogens is 1. The van der Waals surface area contributed by atoms with Gasteiger partial charge in [-0.15, -0.1) is 0 Å². The van der Waals surface area contributed by atoms with E-state index in [0.29, 0.717) is 26.9 Å². The van der Waals surface area contributed by atoms with Crippen LogP contribution in [0.25, 0.3) is 0 Å². The van der Waals surface area contributed by atoms with Crippen LogP contribution in [0.4, 0.5) is 10.8 Å². The number of carbonyl (C=O) groups excluding carboxylic acids is 1. The molecule has 2 aromatic rings. The van der Waals surface area contributed by atoms with Gasteiger partial charge in [-0.1, -0.05) is 35.1 Å². The topological polar surface area (TPSA) is 95.6 Å². The van der Waals surface area contributed by atoms with Crippen molar-refractivity contribution in [1.82, 2.24) is 10.3 Å². The van der Waals surface area contributed by atoms with Crippen LogP contribution in [-0.4, -0.2) is 28.9 Å². The molecule has 1 aliphatic carbocycles. The molecular formula is C18H19ClN6OS. The standard InChI is InChI=1S/C18H19ClN6OS/c1-10-3-2-4-12(19)14(10)25-8-7-21-16(17(25)23-11-5-6-11)24-18-22-9-13(27-18)15(20)26/h2-4,7-9,11,17,23H,5-6H2,1H3,(H2,20,26)(H,21,22,24). The van der Waals surface area contributed by atoms with Gasteiger partial charge in [0.2, 0.25) is 0 Å². The van der Waals surface area contributed by atoms with Crippen molar-refractivity contribution in [2.24, 2.45) is 10.7 Å². The van der Waals surface area contributed by atoms with Gasteiger partial charge in [0.25, 0.3) is 5.91 Å². The Hall–Kier alpha value is -2.42. The van der Waals surface area contributed by atoms with Crippen molar-refractivity contribution in [1.29, 1.82) is 0 Å². The van der Waals surface area contributed by atoms with Crippen molar-refractivity contribution < 1.29 is 4.79 Å². The molecule has 0 radical (unpaired) electrons. The van der Waals surface area contributed by atoms with E-state index in [1.54, 1.807) is 6.20 Å². The highest BCUT2D eigenvalue weighted by atomic mass is 35.5. The molecule has 7 nitrogen and oxygen atoms in total. The minimum Gasteiger partial charge on any atom is -0.365 e. The molecule has 9 heteroatoms. The minimum atomic E-state index is -0.494. The van der Waals surface area contributed by atoms with Gasteiger partial charge in [0.1, 0.15) is 16.9 Å². The van der Waals surface area contributed by atoms with E-state index in [-0.39, 0.29) is 6.17 Å². The Balaban J connectivity index is 1.65. The number of nitrogens with one attached hydrogen (secondary N) is 2. The van der Waals surface area contributed by atoms with Crippen molar-refractivity contribution in [3.63, 3.8) is 0 Å². The van der Waals surface area contributed by atoms with Gasteiger partial charge in [-0.3, -0.25) is 10.1 Å². The predicted octanol–water partition coefficient (Wildman–Crippen LogP) is 3.08. The number of hydrogen-bond donors (Lipinski definition) is 3. The number of aryl methyl sites for hydroxylation is 1. The molecule has 1 saturated carbocycles. The Bertz CT molecular complexity index is 915. The van der Waals surface area contributed by atoms with Crippen molar-refractivity contribution in [3.8, 4) is 0 Å². The van der Waals surface area contributed by atoms with Gasteiger partial charge in [-0.05, 0) is 31.4 Å². The summed E-state index contributed by atoms with van der Waals surface area (Å²) >= 11 is 7.70. The molecule has 27 heavy (non-hydrogen) atoms. The van der Waals surface area contributed by atoms with E-state index in [1.807, 2.05) is 31.3 Å². The summed E-state index contributed by atoms with van der Waals surface area (Å²) in [4.78, 5) is 22.5. The zero-order valence-electron chi connectivity index (χ0n) is 14.6. The Kier molecular flexibility index (Phi) is 4.86. The minimum absolute atomic E-state index is 0.220. The number of benzene rings is 1. The van der Waals surface area contributed by atoms with Crippen LogP contribution in [0.15, 0.2) is 41.8 Å². The van der Waals surface area contributed by atoms with E-state index >= 15 is 0 Å². The molecule has 4 rings (SSSR count). The molecule has 2 aliphatic rings. The highest BCUT2D eigenvalue weighted by Crippen LogP contribution is 2.33. The zero-order chi connectivity index (χ0) is 19.0. The lowest BCUT2D eigenvalue weighted by molar-refractivity contribution is 0.100. The van der Waals surface area contributed by atoms with Gasteiger partial charge in [0, 0.05) is 18.4 Å². The monoisotopic (exact) mass is 402 g/mol. The van der Waals surface area contributed by atoms with Gasteiger partial charge in [0.05, 0.1) is 16.9 Å². The molecule has 1 atom stereocenters. The summed E-state index contributed by atoms with van der Waals surface area (Å²) in [5.41, 5.74) is 7.32. The van der Waals surface area contributed by atoms with Crippen LogP contribution in [-0.2, 0) is 0 Å². The maximum Gasteiger partial charge on any atom is 0.260 e. The maximum absolute atomic E-state index is 11.3. The number of aromatic nitrogens is 1. The van der Waals surface area contributed by atoms with Gasteiger partial charge in [-0.2, -0.15) is 0 Å². The number of anilines is 2. The second-order valence-electron chi connectivity index (χ2n) is 6.49. The third-order valence-electron chi connectivity index (χ3n) is 4.38. The summed E-state index contributed by atoms with van der Waals surface area (Å²) in [7, 11) is 0. The van der Waals surface area contributed by atoms with E-state index in [9.17, 15) is 4.79 Å². The summed E-state index contributed by atoms with van der Waals surface area (Å²) in [6.07, 6.45) is 7.14. The van der Waals surface area contributed by atoms with Crippen molar-refractivity contribution in [2.45, 2.75) is 32.0 Å². The van der Waals surface area contributed by atoms with Gasteiger partial charge in [-0.25, -0.2) is 9.98 Å². The van der Waals surface area contributed by atoms with Gasteiger partial charge < -0.3 is 16.0 Å². The number of amidine groups is 1. The van der Waals surface area contributed by atoms with Crippen LogP contribution < -0.4 is 21.3 Å². The first-order chi connectivity index (χ1) is 13.0. The first kappa shape index (κ1) is 18.0. The third kappa shape index (κ3) is 3.83. The molecule has 0 saturated heterocycles. The quantitative estimate of drug-likeness (QED) is 0.714. The molecule has 1 aromatic heterocycles. The van der Waals surface area contributed by atoms with E-state index in [1.165, 1.54) is 17.5 Å². The van der Waals surface area contributed by atoms with Crippen LogP contribution in [0.3, 0.4) is 0 Å². The summed E-state index contributed by atoms with van der Waals surface area (Å²) in [6.45, 7) is 2.03.